The second kappa shape index (κ2) is 5.98. The minimum Gasteiger partial charge on any atom is -0.459 e. The van der Waals surface area contributed by atoms with Crippen LogP contribution in [0, 0.1) is 0 Å². The smallest absolute Gasteiger partial charge is 0.134 e. The first-order chi connectivity index (χ1) is 9.83. The second-order valence-electron chi connectivity index (χ2n) is 5.57. The third-order valence-electron chi connectivity index (χ3n) is 4.15. The van der Waals surface area contributed by atoms with Gasteiger partial charge in [-0.05, 0) is 32.0 Å². The van der Waals surface area contributed by atoms with Crippen LogP contribution in [0.3, 0.4) is 0 Å². The molecule has 0 spiro atoms. The molecule has 3 heteroatoms. The van der Waals surface area contributed by atoms with Gasteiger partial charge in [0, 0.05) is 23.5 Å². The lowest BCUT2D eigenvalue weighted by atomic mass is 10.1. The van der Waals surface area contributed by atoms with Crippen LogP contribution >= 0.6 is 0 Å². The highest BCUT2D eigenvalue weighted by molar-refractivity contribution is 5.82. The SMILES string of the molecule is CCNCc1c(CN(CC)C2CC2)oc2ccccc12. The van der Waals surface area contributed by atoms with Crippen LogP contribution < -0.4 is 5.32 Å². The fourth-order valence-corrected chi connectivity index (χ4v) is 2.84. The molecule has 0 saturated heterocycles. The Bertz CT molecular complexity index is 571. The van der Waals surface area contributed by atoms with Gasteiger partial charge < -0.3 is 9.73 Å². The summed E-state index contributed by atoms with van der Waals surface area (Å²) in [4.78, 5) is 2.53. The van der Waals surface area contributed by atoms with Gasteiger partial charge >= 0.3 is 0 Å². The number of benzene rings is 1. The Balaban J connectivity index is 1.90. The Morgan fingerprint density at radius 2 is 2.05 bits per heavy atom. The molecule has 0 radical (unpaired) electrons. The fourth-order valence-electron chi connectivity index (χ4n) is 2.84. The summed E-state index contributed by atoms with van der Waals surface area (Å²) in [5.41, 5.74) is 2.35. The van der Waals surface area contributed by atoms with Gasteiger partial charge in [0.05, 0.1) is 6.54 Å². The van der Waals surface area contributed by atoms with Crippen molar-refractivity contribution < 1.29 is 4.42 Å². The van der Waals surface area contributed by atoms with E-state index >= 15 is 0 Å². The highest BCUT2D eigenvalue weighted by atomic mass is 16.3. The van der Waals surface area contributed by atoms with Crippen molar-refractivity contribution >= 4 is 11.0 Å². The van der Waals surface area contributed by atoms with Crippen molar-refractivity contribution in [1.29, 1.82) is 0 Å². The minimum absolute atomic E-state index is 0.778. The lowest BCUT2D eigenvalue weighted by Crippen LogP contribution is -2.25. The molecule has 0 bridgehead atoms. The van der Waals surface area contributed by atoms with Gasteiger partial charge in [0.1, 0.15) is 11.3 Å². The maximum atomic E-state index is 6.12. The molecule has 1 N–H and O–H groups in total. The lowest BCUT2D eigenvalue weighted by Gasteiger charge is -2.19. The van der Waals surface area contributed by atoms with E-state index in [-0.39, 0.29) is 0 Å². The Kier molecular flexibility index (Phi) is 4.08. The van der Waals surface area contributed by atoms with Crippen LogP contribution in [0.15, 0.2) is 28.7 Å². The van der Waals surface area contributed by atoms with Gasteiger partial charge in [0.25, 0.3) is 0 Å². The first kappa shape index (κ1) is 13.7. The molecule has 0 unspecified atom stereocenters. The van der Waals surface area contributed by atoms with Crippen molar-refractivity contribution in [3.63, 3.8) is 0 Å². The molecule has 1 aliphatic carbocycles. The number of furan rings is 1. The maximum absolute atomic E-state index is 6.12. The molecule has 3 rings (SSSR count). The number of fused-ring (bicyclic) bond motifs is 1. The molecule has 0 aliphatic heterocycles. The average molecular weight is 272 g/mol. The zero-order valence-electron chi connectivity index (χ0n) is 12.5. The van der Waals surface area contributed by atoms with Crippen LogP contribution in [-0.4, -0.2) is 24.0 Å². The van der Waals surface area contributed by atoms with Crippen LogP contribution in [-0.2, 0) is 13.1 Å². The van der Waals surface area contributed by atoms with Gasteiger partial charge in [-0.25, -0.2) is 0 Å². The van der Waals surface area contributed by atoms with E-state index in [1.54, 1.807) is 0 Å². The zero-order valence-corrected chi connectivity index (χ0v) is 12.5. The highest BCUT2D eigenvalue weighted by Gasteiger charge is 2.29. The number of rotatable bonds is 7. The predicted molar refractivity (Wildman–Crippen MR) is 82.7 cm³/mol. The maximum Gasteiger partial charge on any atom is 0.134 e. The van der Waals surface area contributed by atoms with Gasteiger partial charge in [0.15, 0.2) is 0 Å². The molecule has 1 aromatic carbocycles. The quantitative estimate of drug-likeness (QED) is 0.836. The van der Waals surface area contributed by atoms with Crippen molar-refractivity contribution in [2.75, 3.05) is 13.1 Å². The molecule has 0 amide bonds. The van der Waals surface area contributed by atoms with Gasteiger partial charge in [-0.1, -0.05) is 32.0 Å². The monoisotopic (exact) mass is 272 g/mol. The van der Waals surface area contributed by atoms with E-state index in [1.165, 1.54) is 23.8 Å². The largest absolute Gasteiger partial charge is 0.459 e. The molecule has 1 aliphatic rings. The van der Waals surface area contributed by atoms with E-state index in [0.717, 1.165) is 43.6 Å². The summed E-state index contributed by atoms with van der Waals surface area (Å²) in [6, 6.07) is 9.16. The van der Waals surface area contributed by atoms with Crippen molar-refractivity contribution in [3.8, 4) is 0 Å². The first-order valence-electron chi connectivity index (χ1n) is 7.77. The second-order valence-corrected chi connectivity index (χ2v) is 5.57. The van der Waals surface area contributed by atoms with Crippen LogP contribution in [0.4, 0.5) is 0 Å². The Labute approximate surface area is 120 Å². The van der Waals surface area contributed by atoms with Gasteiger partial charge in [-0.2, -0.15) is 0 Å². The number of nitrogens with one attached hydrogen (secondary N) is 1. The summed E-state index contributed by atoms with van der Waals surface area (Å²) >= 11 is 0. The summed E-state index contributed by atoms with van der Waals surface area (Å²) in [5.74, 6) is 1.14. The molecule has 3 nitrogen and oxygen atoms in total. The lowest BCUT2D eigenvalue weighted by molar-refractivity contribution is 0.247. The Morgan fingerprint density at radius 1 is 1.25 bits per heavy atom. The van der Waals surface area contributed by atoms with E-state index in [9.17, 15) is 0 Å². The molecule has 1 aromatic heterocycles. The highest BCUT2D eigenvalue weighted by Crippen LogP contribution is 2.31. The average Bonchev–Trinajstić information content (AvgIpc) is 3.25. The molecule has 0 atom stereocenters. The minimum atomic E-state index is 0.778. The van der Waals surface area contributed by atoms with E-state index < -0.39 is 0 Å². The van der Waals surface area contributed by atoms with E-state index in [1.807, 2.05) is 6.07 Å². The van der Waals surface area contributed by atoms with Crippen LogP contribution in [0.5, 0.6) is 0 Å². The van der Waals surface area contributed by atoms with Crippen LogP contribution in [0.1, 0.15) is 38.0 Å². The standard InChI is InChI=1S/C17H24N2O/c1-3-18-11-15-14-7-5-6-8-16(14)20-17(15)12-19(4-2)13-9-10-13/h5-8,13,18H,3-4,9-12H2,1-2H3. The molecule has 1 saturated carbocycles. The summed E-state index contributed by atoms with van der Waals surface area (Å²) in [5, 5.41) is 4.70. The molecular weight excluding hydrogens is 248 g/mol. The molecule has 20 heavy (non-hydrogen) atoms. The summed E-state index contributed by atoms with van der Waals surface area (Å²) in [7, 11) is 0. The van der Waals surface area contributed by atoms with E-state index in [4.69, 9.17) is 4.42 Å². The number of hydrogen-bond acceptors (Lipinski definition) is 3. The van der Waals surface area contributed by atoms with Crippen molar-refractivity contribution in [2.24, 2.45) is 0 Å². The van der Waals surface area contributed by atoms with Crippen LogP contribution in [0.25, 0.3) is 11.0 Å². The topological polar surface area (TPSA) is 28.4 Å². The van der Waals surface area contributed by atoms with Crippen molar-refractivity contribution in [1.82, 2.24) is 10.2 Å². The predicted octanol–water partition coefficient (Wildman–Crippen LogP) is 3.53. The summed E-state index contributed by atoms with van der Waals surface area (Å²) < 4.78 is 6.12. The summed E-state index contributed by atoms with van der Waals surface area (Å²) in [6.07, 6.45) is 2.69. The number of nitrogens with zero attached hydrogens (tertiary/aromatic N) is 1. The molecule has 2 aromatic rings. The third kappa shape index (κ3) is 2.74. The molecular formula is C17H24N2O. The molecule has 108 valence electrons. The van der Waals surface area contributed by atoms with E-state index in [0.29, 0.717) is 0 Å². The van der Waals surface area contributed by atoms with E-state index in [2.05, 4.69) is 42.3 Å². The first-order valence-corrected chi connectivity index (χ1v) is 7.77. The molecule has 1 fully saturated rings. The van der Waals surface area contributed by atoms with Gasteiger partial charge in [-0.3, -0.25) is 4.90 Å². The normalized spacial score (nSPS) is 15.3. The van der Waals surface area contributed by atoms with Crippen molar-refractivity contribution in [2.45, 2.75) is 45.8 Å². The zero-order chi connectivity index (χ0) is 13.9. The van der Waals surface area contributed by atoms with Gasteiger partial charge in [-0.15, -0.1) is 0 Å². The summed E-state index contributed by atoms with van der Waals surface area (Å²) in [6.45, 7) is 8.30. The Morgan fingerprint density at radius 3 is 2.75 bits per heavy atom. The van der Waals surface area contributed by atoms with Crippen LogP contribution in [0.2, 0.25) is 0 Å². The van der Waals surface area contributed by atoms with Gasteiger partial charge in [0.2, 0.25) is 0 Å². The third-order valence-corrected chi connectivity index (χ3v) is 4.15. The Hall–Kier alpha value is -1.32. The number of hydrogen-bond donors (Lipinski definition) is 1. The fraction of sp³-hybridized carbons (Fsp3) is 0.529. The van der Waals surface area contributed by atoms with Crippen molar-refractivity contribution in [3.05, 3.63) is 35.6 Å². The molecule has 1 heterocycles. The number of para-hydroxylation sites is 1.